The molecule has 3 atom stereocenters. The van der Waals surface area contributed by atoms with Gasteiger partial charge in [0.15, 0.2) is 0 Å². The number of benzene rings is 2. The summed E-state index contributed by atoms with van der Waals surface area (Å²) in [5.74, 6) is -6.20. The van der Waals surface area contributed by atoms with Crippen LogP contribution in [0.15, 0.2) is 60.8 Å². The van der Waals surface area contributed by atoms with Gasteiger partial charge in [-0.3, -0.25) is 19.2 Å². The number of hydrogen-bond donors (Lipinski definition) is 6. The largest absolute Gasteiger partial charge is 0.480 e. The summed E-state index contributed by atoms with van der Waals surface area (Å²) >= 11 is 0. The van der Waals surface area contributed by atoms with E-state index in [0.717, 1.165) is 37.6 Å². The lowest BCUT2D eigenvalue weighted by atomic mass is 9.82. The number of nitrogens with zero attached hydrogens (tertiary/aromatic N) is 2. The van der Waals surface area contributed by atoms with Gasteiger partial charge in [-0.15, -0.1) is 0 Å². The lowest BCUT2D eigenvalue weighted by Crippen LogP contribution is -2.47. The molecule has 56 heavy (non-hydrogen) atoms. The van der Waals surface area contributed by atoms with Crippen molar-refractivity contribution >= 4 is 23.7 Å². The molecule has 3 aromatic rings. The predicted molar refractivity (Wildman–Crippen MR) is 205 cm³/mol. The Balaban J connectivity index is 0.00000203. The molecule has 0 saturated carbocycles. The van der Waals surface area contributed by atoms with Crippen LogP contribution in [-0.2, 0) is 25.7 Å². The minimum Gasteiger partial charge on any atom is -0.480 e. The Bertz CT molecular complexity index is 1720. The van der Waals surface area contributed by atoms with Gasteiger partial charge < -0.3 is 41.8 Å². The predicted octanol–water partition coefficient (Wildman–Crippen LogP) is 4.97. The van der Waals surface area contributed by atoms with Gasteiger partial charge in [0.2, 0.25) is 23.6 Å². The topological polar surface area (TPSA) is 193 Å². The molecule has 0 bridgehead atoms. The molecule has 0 aliphatic heterocycles. The fourth-order valence-corrected chi connectivity index (χ4v) is 5.87. The molecular formula is C40H56F4N6O6. The number of carbonyl (C=O) groups is 4. The van der Waals surface area contributed by atoms with Gasteiger partial charge in [0.05, 0.1) is 12.1 Å². The smallest absolute Gasteiger partial charge is 0.320 e. The van der Waals surface area contributed by atoms with Crippen LogP contribution in [0.4, 0.5) is 17.6 Å². The van der Waals surface area contributed by atoms with Gasteiger partial charge in [0, 0.05) is 55.6 Å². The molecule has 3 rings (SSSR count). The van der Waals surface area contributed by atoms with E-state index in [4.69, 9.17) is 16.6 Å². The highest BCUT2D eigenvalue weighted by Crippen LogP contribution is 2.41. The summed E-state index contributed by atoms with van der Waals surface area (Å²) in [6, 6.07) is 11.8. The third-order valence-corrected chi connectivity index (χ3v) is 8.48. The van der Waals surface area contributed by atoms with E-state index in [9.17, 15) is 41.8 Å². The van der Waals surface area contributed by atoms with E-state index >= 15 is 0 Å². The Labute approximate surface area is 325 Å². The van der Waals surface area contributed by atoms with Gasteiger partial charge in [-0.2, -0.15) is 0 Å². The molecule has 0 aliphatic carbocycles. The molecule has 310 valence electrons. The van der Waals surface area contributed by atoms with Crippen LogP contribution < -0.4 is 22.1 Å². The number of alkyl halides is 2. The van der Waals surface area contributed by atoms with E-state index in [2.05, 4.69) is 10.6 Å². The van der Waals surface area contributed by atoms with Gasteiger partial charge in [-0.1, -0.05) is 51.1 Å². The first-order chi connectivity index (χ1) is 26.1. The standard InChI is InChI=1S/C37H50F2N6O6.C3H6F2/c1-37(2,3)34(31-19-25(27-20-26(38)12-13-28(27)39)22-44(31)21-24-9-5-4-6-10-24)45(33(48)23-46)18-15-29(40)35(49)43-17-14-32(47)42-16-8-7-11-30(41)36(50)51;1-3(2,4)5/h4-6,9-10,12-13,19-20,22,29-30,34,46H,7-8,11,14-18,21,23,40-41H2,1-3H3,(H,42,47)(H,43,49)(H,50,51);1-2H3. The quantitative estimate of drug-likeness (QED) is 0.0724. The minimum absolute atomic E-state index is 0.000959. The van der Waals surface area contributed by atoms with Crippen molar-refractivity contribution in [3.05, 3.63) is 83.7 Å². The minimum atomic E-state index is -2.50. The number of rotatable bonds is 19. The number of nitrogens with two attached hydrogens (primary N) is 2. The van der Waals surface area contributed by atoms with Crippen LogP contribution in [0.2, 0.25) is 0 Å². The maximum atomic E-state index is 15.0. The molecule has 2 aromatic carbocycles. The first-order valence-electron chi connectivity index (χ1n) is 18.4. The molecule has 3 amide bonds. The van der Waals surface area contributed by atoms with E-state index in [-0.39, 0.29) is 37.4 Å². The third kappa shape index (κ3) is 16.5. The molecule has 0 fully saturated rings. The number of aliphatic hydroxyl groups excluding tert-OH is 1. The van der Waals surface area contributed by atoms with Crippen molar-refractivity contribution in [3.63, 3.8) is 0 Å². The van der Waals surface area contributed by atoms with Crippen LogP contribution in [0.1, 0.15) is 84.0 Å². The van der Waals surface area contributed by atoms with Crippen LogP contribution in [0, 0.1) is 17.0 Å². The number of aliphatic hydroxyl groups is 1. The maximum absolute atomic E-state index is 15.0. The van der Waals surface area contributed by atoms with Crippen LogP contribution in [0.3, 0.4) is 0 Å². The highest BCUT2D eigenvalue weighted by Gasteiger charge is 2.37. The number of amides is 3. The lowest BCUT2D eigenvalue weighted by molar-refractivity contribution is -0.140. The number of nitrogens with one attached hydrogen (secondary N) is 2. The Kier molecular flexibility index (Phi) is 18.7. The molecule has 16 heteroatoms. The molecule has 3 unspecified atom stereocenters. The van der Waals surface area contributed by atoms with Crippen molar-refractivity contribution < 1.29 is 47.0 Å². The Morgan fingerprint density at radius 1 is 0.875 bits per heavy atom. The van der Waals surface area contributed by atoms with Gasteiger partial charge in [0.1, 0.15) is 24.3 Å². The van der Waals surface area contributed by atoms with Crippen molar-refractivity contribution in [2.75, 3.05) is 26.2 Å². The Morgan fingerprint density at radius 3 is 2.11 bits per heavy atom. The van der Waals surface area contributed by atoms with Crippen molar-refractivity contribution in [2.24, 2.45) is 16.9 Å². The SMILES string of the molecule is CC(C)(C)C(c1cc(-c2cc(F)ccc2F)cn1Cc1ccccc1)N(CCC(N)C(=O)NCCC(=O)NCCCCC(N)C(=O)O)C(=O)CO.CC(C)(F)F. The second-order valence-corrected chi connectivity index (χ2v) is 15.0. The van der Waals surface area contributed by atoms with Crippen LogP contribution in [0.5, 0.6) is 0 Å². The summed E-state index contributed by atoms with van der Waals surface area (Å²) in [7, 11) is 0. The summed E-state index contributed by atoms with van der Waals surface area (Å²) in [4.78, 5) is 50.7. The summed E-state index contributed by atoms with van der Waals surface area (Å²) in [5.41, 5.74) is 13.1. The number of carboxylic acids is 1. The van der Waals surface area contributed by atoms with E-state index in [1.807, 2.05) is 55.7 Å². The average molecular weight is 793 g/mol. The maximum Gasteiger partial charge on any atom is 0.320 e. The van der Waals surface area contributed by atoms with Gasteiger partial charge >= 0.3 is 5.97 Å². The first-order valence-corrected chi connectivity index (χ1v) is 18.4. The zero-order chi connectivity index (χ0) is 42.2. The molecule has 1 aromatic heterocycles. The third-order valence-electron chi connectivity index (χ3n) is 8.48. The fraction of sp³-hybridized carbons (Fsp3) is 0.500. The van der Waals surface area contributed by atoms with Crippen molar-refractivity contribution in [2.45, 2.75) is 97.3 Å². The zero-order valence-electron chi connectivity index (χ0n) is 32.7. The van der Waals surface area contributed by atoms with Crippen molar-refractivity contribution in [1.82, 2.24) is 20.1 Å². The second kappa shape index (κ2) is 22.1. The Morgan fingerprint density at radius 2 is 1.52 bits per heavy atom. The summed E-state index contributed by atoms with van der Waals surface area (Å²) in [6.07, 6.45) is 3.14. The highest BCUT2D eigenvalue weighted by atomic mass is 19.3. The second-order valence-electron chi connectivity index (χ2n) is 15.0. The number of aromatic nitrogens is 1. The van der Waals surface area contributed by atoms with Crippen molar-refractivity contribution in [1.29, 1.82) is 0 Å². The summed E-state index contributed by atoms with van der Waals surface area (Å²) in [6.45, 7) is 7.37. The molecule has 12 nitrogen and oxygen atoms in total. The fourth-order valence-electron chi connectivity index (χ4n) is 5.87. The monoisotopic (exact) mass is 792 g/mol. The van der Waals surface area contributed by atoms with Crippen molar-refractivity contribution in [3.8, 4) is 11.1 Å². The summed E-state index contributed by atoms with van der Waals surface area (Å²) in [5, 5.41) is 24.2. The molecule has 8 N–H and O–H groups in total. The number of unbranched alkanes of at least 4 members (excludes halogenated alkanes) is 1. The number of carbonyl (C=O) groups excluding carboxylic acids is 3. The zero-order valence-corrected chi connectivity index (χ0v) is 32.7. The normalized spacial score (nSPS) is 13.1. The van der Waals surface area contributed by atoms with Gasteiger partial charge in [-0.05, 0) is 74.8 Å². The number of carboxylic acid groups (broad SMARTS) is 1. The van der Waals surface area contributed by atoms with Crippen LogP contribution >= 0.6 is 0 Å². The van der Waals surface area contributed by atoms with Gasteiger partial charge in [-0.25, -0.2) is 17.6 Å². The average Bonchev–Trinajstić information content (AvgIpc) is 3.51. The van der Waals surface area contributed by atoms with E-state index in [0.29, 0.717) is 43.6 Å². The molecule has 0 saturated heterocycles. The highest BCUT2D eigenvalue weighted by molar-refractivity contribution is 5.83. The molecular weight excluding hydrogens is 736 g/mol. The number of halogens is 4. The lowest BCUT2D eigenvalue weighted by Gasteiger charge is -2.41. The molecule has 1 heterocycles. The van der Waals surface area contributed by atoms with Crippen LogP contribution in [-0.4, -0.2) is 87.6 Å². The van der Waals surface area contributed by atoms with E-state index in [1.165, 1.54) is 4.90 Å². The van der Waals surface area contributed by atoms with E-state index < -0.39 is 65.5 Å². The van der Waals surface area contributed by atoms with Gasteiger partial charge in [0.25, 0.3) is 0 Å². The summed E-state index contributed by atoms with van der Waals surface area (Å²) < 4.78 is 53.2. The molecule has 0 spiro atoms. The Hall–Kier alpha value is -4.80. The first kappa shape index (κ1) is 47.4. The van der Waals surface area contributed by atoms with E-state index in [1.54, 1.807) is 12.3 Å². The number of aliphatic carboxylic acids is 1. The molecule has 0 radical (unpaired) electrons. The number of hydrogen-bond acceptors (Lipinski definition) is 7. The van der Waals surface area contributed by atoms with Crippen LogP contribution in [0.25, 0.3) is 11.1 Å². The molecule has 0 aliphatic rings.